The third-order valence-corrected chi connectivity index (χ3v) is 11.2. The van der Waals surface area contributed by atoms with Gasteiger partial charge in [-0.25, -0.2) is 9.97 Å². The van der Waals surface area contributed by atoms with E-state index >= 15 is 0 Å². The van der Waals surface area contributed by atoms with Crippen LogP contribution >= 0.6 is 0 Å². The normalized spacial score (nSPS) is 12.1. The minimum absolute atomic E-state index is 0.708. The van der Waals surface area contributed by atoms with Gasteiger partial charge in [0.25, 0.3) is 0 Å². The van der Waals surface area contributed by atoms with Crippen molar-refractivity contribution in [3.8, 4) is 22.9 Å². The molecule has 0 amide bonds. The van der Waals surface area contributed by atoms with Gasteiger partial charge in [0.15, 0.2) is 5.82 Å². The summed E-state index contributed by atoms with van der Waals surface area (Å²) in [4.78, 5) is 10.6. The molecule has 0 radical (unpaired) electrons. The van der Waals surface area contributed by atoms with E-state index in [2.05, 4.69) is 185 Å². The molecule has 0 bridgehead atoms. The number of rotatable bonds is 3. The molecule has 0 spiro atoms. The molecule has 0 aliphatic carbocycles. The summed E-state index contributed by atoms with van der Waals surface area (Å²) >= 11 is 0. The third-order valence-electron chi connectivity index (χ3n) is 11.2. The number of benzene rings is 9. The molecule has 0 N–H and O–H groups in total. The lowest BCUT2D eigenvalue weighted by atomic mass is 9.89. The first-order valence-corrected chi connectivity index (χ1v) is 18.4. The number of nitrogens with zero attached hydrogens (tertiary/aromatic N) is 4. The zero-order valence-corrected chi connectivity index (χ0v) is 29.1. The lowest BCUT2D eigenvalue weighted by Gasteiger charge is -2.17. The highest BCUT2D eigenvalue weighted by Gasteiger charge is 2.26. The summed E-state index contributed by atoms with van der Waals surface area (Å²) in [6, 6.07) is 65.2. The van der Waals surface area contributed by atoms with Crippen LogP contribution in [0, 0.1) is 0 Å². The number of para-hydroxylation sites is 4. The maximum Gasteiger partial charge on any atom is 0.162 e. The van der Waals surface area contributed by atoms with E-state index in [1.54, 1.807) is 0 Å². The van der Waals surface area contributed by atoms with E-state index in [-0.39, 0.29) is 0 Å². The van der Waals surface area contributed by atoms with E-state index in [0.717, 1.165) is 39.0 Å². The highest BCUT2D eigenvalue weighted by atomic mass is 15.1. The Kier molecular flexibility index (Phi) is 6.02. The van der Waals surface area contributed by atoms with Crippen molar-refractivity contribution in [3.05, 3.63) is 182 Å². The van der Waals surface area contributed by atoms with Crippen LogP contribution in [0.1, 0.15) is 0 Å². The Morgan fingerprint density at radius 1 is 0.315 bits per heavy atom. The van der Waals surface area contributed by atoms with Crippen LogP contribution in [0.4, 0.5) is 0 Å². The molecule has 3 aromatic heterocycles. The highest BCUT2D eigenvalue weighted by molar-refractivity contribution is 6.45. The third kappa shape index (κ3) is 3.91. The molecule has 54 heavy (non-hydrogen) atoms. The smallest absolute Gasteiger partial charge is 0.162 e. The van der Waals surface area contributed by atoms with Gasteiger partial charge in [-0.2, -0.15) is 0 Å². The van der Waals surface area contributed by atoms with E-state index in [1.807, 2.05) is 6.07 Å². The van der Waals surface area contributed by atoms with Crippen molar-refractivity contribution in [2.45, 2.75) is 0 Å². The quantitative estimate of drug-likeness (QED) is 0.173. The maximum atomic E-state index is 5.45. The molecule has 0 saturated heterocycles. The van der Waals surface area contributed by atoms with E-state index in [1.165, 1.54) is 64.9 Å². The van der Waals surface area contributed by atoms with E-state index in [0.29, 0.717) is 5.82 Å². The number of hydrogen-bond donors (Lipinski definition) is 0. The highest BCUT2D eigenvalue weighted by Crippen LogP contribution is 2.50. The molecule has 0 fully saturated rings. The van der Waals surface area contributed by atoms with Gasteiger partial charge in [0.05, 0.1) is 27.6 Å². The van der Waals surface area contributed by atoms with E-state index < -0.39 is 0 Å². The van der Waals surface area contributed by atoms with Gasteiger partial charge >= 0.3 is 0 Å². The summed E-state index contributed by atoms with van der Waals surface area (Å²) < 4.78 is 4.89. The molecule has 12 rings (SSSR count). The minimum atomic E-state index is 0.708. The first-order valence-electron chi connectivity index (χ1n) is 18.4. The Labute approximate surface area is 309 Å². The lowest BCUT2D eigenvalue weighted by molar-refractivity contribution is 1.08. The van der Waals surface area contributed by atoms with Gasteiger partial charge in [-0.05, 0) is 52.6 Å². The molecule has 4 heteroatoms. The van der Waals surface area contributed by atoms with Crippen LogP contribution in [-0.4, -0.2) is 19.1 Å². The molecule has 9 aromatic carbocycles. The monoisotopic (exact) mass is 686 g/mol. The molecular formula is C50H30N4. The molecule has 0 aliphatic rings. The second-order valence-corrected chi connectivity index (χ2v) is 14.1. The van der Waals surface area contributed by atoms with E-state index in [4.69, 9.17) is 9.97 Å². The Morgan fingerprint density at radius 3 is 1.41 bits per heavy atom. The van der Waals surface area contributed by atoms with Gasteiger partial charge in [-0.15, -0.1) is 0 Å². The van der Waals surface area contributed by atoms with Crippen LogP contribution < -0.4 is 0 Å². The molecule has 0 atom stereocenters. The first kappa shape index (κ1) is 29.3. The van der Waals surface area contributed by atoms with Gasteiger partial charge in [0.2, 0.25) is 0 Å². The molecule has 0 aliphatic heterocycles. The van der Waals surface area contributed by atoms with Crippen molar-refractivity contribution in [1.82, 2.24) is 19.1 Å². The topological polar surface area (TPSA) is 35.6 Å². The number of hydrogen-bond acceptors (Lipinski definition) is 2. The molecular weight excluding hydrogens is 657 g/mol. The fourth-order valence-electron chi connectivity index (χ4n) is 9.11. The Bertz CT molecular complexity index is 3490. The maximum absolute atomic E-state index is 5.45. The van der Waals surface area contributed by atoms with Crippen molar-refractivity contribution < 1.29 is 0 Å². The SMILES string of the molecule is c1ccc(-c2nc(-n3c4ccccc4c4c5c(c6ccccc6c6c5c5ccccc5n6-c5ccccc5)c5ccccc5c43)c3ccccc3n2)cc1. The standard InChI is InChI=1S/C50H30N4/c1-3-17-31(18-4-1)49-51-40-28-14-11-25-37(40)50(52-49)54-42-30-16-13-27-39(42)45-46-43(34-22-8-10-24-36(34)48(45)54)33-21-7-9-23-35(33)47-44(46)38-26-12-15-29-41(38)53(47)32-19-5-2-6-20-32/h1-30H. The molecule has 12 aromatic rings. The summed E-state index contributed by atoms with van der Waals surface area (Å²) in [5.41, 5.74) is 7.72. The molecule has 4 nitrogen and oxygen atoms in total. The van der Waals surface area contributed by atoms with Gasteiger partial charge in [-0.3, -0.25) is 4.57 Å². The Morgan fingerprint density at radius 2 is 0.778 bits per heavy atom. The van der Waals surface area contributed by atoms with Gasteiger partial charge in [0, 0.05) is 54.3 Å². The van der Waals surface area contributed by atoms with Crippen LogP contribution in [-0.2, 0) is 0 Å². The molecule has 0 saturated carbocycles. The molecule has 250 valence electrons. The second-order valence-electron chi connectivity index (χ2n) is 14.1. The second kappa shape index (κ2) is 11.1. The zero-order valence-electron chi connectivity index (χ0n) is 29.1. The summed E-state index contributed by atoms with van der Waals surface area (Å²) in [6.45, 7) is 0. The van der Waals surface area contributed by atoms with Crippen LogP contribution in [0.25, 0.3) is 110 Å². The number of aromatic nitrogens is 4. The average Bonchev–Trinajstić information content (AvgIpc) is 3.78. The molecule has 3 heterocycles. The van der Waals surface area contributed by atoms with Crippen molar-refractivity contribution >= 4 is 86.8 Å². The Balaban J connectivity index is 1.40. The van der Waals surface area contributed by atoms with Gasteiger partial charge < -0.3 is 4.57 Å². The van der Waals surface area contributed by atoms with Crippen LogP contribution in [0.15, 0.2) is 182 Å². The predicted molar refractivity (Wildman–Crippen MR) is 226 cm³/mol. The van der Waals surface area contributed by atoms with Crippen molar-refractivity contribution in [3.63, 3.8) is 0 Å². The summed E-state index contributed by atoms with van der Waals surface area (Å²) in [5.74, 6) is 1.58. The average molecular weight is 687 g/mol. The zero-order chi connectivity index (χ0) is 35.3. The summed E-state index contributed by atoms with van der Waals surface area (Å²) in [5, 5.41) is 13.4. The van der Waals surface area contributed by atoms with Crippen molar-refractivity contribution in [2.24, 2.45) is 0 Å². The number of fused-ring (bicyclic) bond motifs is 16. The largest absolute Gasteiger partial charge is 0.309 e. The summed E-state index contributed by atoms with van der Waals surface area (Å²) in [7, 11) is 0. The fraction of sp³-hybridized carbons (Fsp3) is 0. The minimum Gasteiger partial charge on any atom is -0.309 e. The molecule has 0 unspecified atom stereocenters. The van der Waals surface area contributed by atoms with Gasteiger partial charge in [-0.1, -0.05) is 146 Å². The van der Waals surface area contributed by atoms with E-state index in [9.17, 15) is 0 Å². The van der Waals surface area contributed by atoms with Crippen LogP contribution in [0.3, 0.4) is 0 Å². The summed E-state index contributed by atoms with van der Waals surface area (Å²) in [6.07, 6.45) is 0. The fourth-order valence-corrected chi connectivity index (χ4v) is 9.11. The first-order chi connectivity index (χ1) is 26.8. The van der Waals surface area contributed by atoms with Crippen LogP contribution in [0.5, 0.6) is 0 Å². The predicted octanol–water partition coefficient (Wildman–Crippen LogP) is 13.0. The van der Waals surface area contributed by atoms with Gasteiger partial charge in [0.1, 0.15) is 5.82 Å². The van der Waals surface area contributed by atoms with Crippen LogP contribution in [0.2, 0.25) is 0 Å². The van der Waals surface area contributed by atoms with Crippen molar-refractivity contribution in [2.75, 3.05) is 0 Å². The Hall–Kier alpha value is -7.30. The lowest BCUT2D eigenvalue weighted by Crippen LogP contribution is -2.03. The van der Waals surface area contributed by atoms with Crippen molar-refractivity contribution in [1.29, 1.82) is 0 Å².